The highest BCUT2D eigenvalue weighted by Crippen LogP contribution is 2.34. The zero-order chi connectivity index (χ0) is 11.3. The van der Waals surface area contributed by atoms with E-state index in [4.69, 9.17) is 10.6 Å². The summed E-state index contributed by atoms with van der Waals surface area (Å²) >= 11 is 1.69. The molecule has 1 heterocycles. The predicted octanol–water partition coefficient (Wildman–Crippen LogP) is 2.70. The molecule has 4 heteroatoms. The van der Waals surface area contributed by atoms with Gasteiger partial charge in [0.25, 0.3) is 0 Å². The summed E-state index contributed by atoms with van der Waals surface area (Å²) in [6.07, 6.45) is 2.22. The Labute approximate surface area is 95.6 Å². The van der Waals surface area contributed by atoms with Crippen molar-refractivity contribution in [2.45, 2.75) is 32.7 Å². The highest BCUT2D eigenvalue weighted by atomic mass is 32.1. The molecule has 0 fully saturated rings. The quantitative estimate of drug-likeness (QED) is 0.581. The van der Waals surface area contributed by atoms with E-state index in [0.29, 0.717) is 5.92 Å². The second-order valence-corrected chi connectivity index (χ2v) is 4.77. The highest BCUT2D eigenvalue weighted by Gasteiger charge is 2.18. The van der Waals surface area contributed by atoms with Crippen LogP contribution in [0, 0.1) is 5.92 Å². The number of rotatable bonds is 6. The van der Waals surface area contributed by atoms with Gasteiger partial charge in [-0.3, -0.25) is 11.3 Å². The second-order valence-electron chi connectivity index (χ2n) is 3.82. The average Bonchev–Trinajstić information content (AvgIpc) is 2.73. The Hall–Kier alpha value is -0.580. The fraction of sp³-hybridized carbons (Fsp3) is 0.636. The van der Waals surface area contributed by atoms with Crippen LogP contribution in [0.25, 0.3) is 0 Å². The maximum absolute atomic E-state index is 5.59. The lowest BCUT2D eigenvalue weighted by molar-refractivity contribution is 0.379. The van der Waals surface area contributed by atoms with Gasteiger partial charge < -0.3 is 4.74 Å². The molecular weight excluding hydrogens is 208 g/mol. The molecule has 0 bridgehead atoms. The molecule has 3 nitrogen and oxygen atoms in total. The Balaban J connectivity index is 2.73. The summed E-state index contributed by atoms with van der Waals surface area (Å²) in [6, 6.07) is 2.19. The van der Waals surface area contributed by atoms with E-state index in [9.17, 15) is 0 Å². The molecule has 1 rings (SSSR count). The predicted molar refractivity (Wildman–Crippen MR) is 65.0 cm³/mol. The van der Waals surface area contributed by atoms with E-state index in [1.165, 1.54) is 11.3 Å². The molecule has 0 aromatic carbocycles. The Kier molecular flexibility index (Phi) is 5.08. The van der Waals surface area contributed by atoms with E-state index in [-0.39, 0.29) is 6.04 Å². The number of ether oxygens (including phenoxy) is 1. The molecule has 0 amide bonds. The van der Waals surface area contributed by atoms with Crippen molar-refractivity contribution in [2.75, 3.05) is 7.11 Å². The van der Waals surface area contributed by atoms with Crippen LogP contribution < -0.4 is 16.0 Å². The summed E-state index contributed by atoms with van der Waals surface area (Å²) in [6.45, 7) is 4.44. The highest BCUT2D eigenvalue weighted by molar-refractivity contribution is 7.10. The molecule has 2 atom stereocenters. The SMILES string of the molecule is CCC(C)CC(NN)c1sccc1OC. The molecule has 0 radical (unpaired) electrons. The lowest BCUT2D eigenvalue weighted by Crippen LogP contribution is -2.29. The van der Waals surface area contributed by atoms with Crippen molar-refractivity contribution in [3.05, 3.63) is 16.3 Å². The lowest BCUT2D eigenvalue weighted by Gasteiger charge is -2.19. The first-order chi connectivity index (χ1) is 7.22. The van der Waals surface area contributed by atoms with Gasteiger partial charge in [-0.15, -0.1) is 11.3 Å². The van der Waals surface area contributed by atoms with Gasteiger partial charge >= 0.3 is 0 Å². The summed E-state index contributed by atoms with van der Waals surface area (Å²) < 4.78 is 5.30. The number of nitrogens with two attached hydrogens (primary N) is 1. The minimum atomic E-state index is 0.204. The van der Waals surface area contributed by atoms with Crippen molar-refractivity contribution in [1.29, 1.82) is 0 Å². The first-order valence-electron chi connectivity index (χ1n) is 5.30. The molecule has 15 heavy (non-hydrogen) atoms. The van der Waals surface area contributed by atoms with Crippen molar-refractivity contribution >= 4 is 11.3 Å². The van der Waals surface area contributed by atoms with E-state index in [1.54, 1.807) is 18.4 Å². The average molecular weight is 228 g/mol. The monoisotopic (exact) mass is 228 g/mol. The molecule has 2 unspecified atom stereocenters. The summed E-state index contributed by atoms with van der Waals surface area (Å²) in [5, 5.41) is 2.04. The molecule has 0 saturated heterocycles. The first kappa shape index (κ1) is 12.5. The number of hydrogen-bond donors (Lipinski definition) is 2. The van der Waals surface area contributed by atoms with Crippen LogP contribution in [0.5, 0.6) is 5.75 Å². The maximum Gasteiger partial charge on any atom is 0.134 e. The summed E-state index contributed by atoms with van der Waals surface area (Å²) in [7, 11) is 1.70. The summed E-state index contributed by atoms with van der Waals surface area (Å²) in [5.74, 6) is 7.19. The molecule has 0 aliphatic rings. The molecule has 1 aromatic heterocycles. The maximum atomic E-state index is 5.59. The number of hydrogen-bond acceptors (Lipinski definition) is 4. The van der Waals surface area contributed by atoms with Crippen LogP contribution in [-0.2, 0) is 0 Å². The number of nitrogens with one attached hydrogen (secondary N) is 1. The van der Waals surface area contributed by atoms with E-state index >= 15 is 0 Å². The molecule has 86 valence electrons. The molecular formula is C11H20N2OS. The summed E-state index contributed by atoms with van der Waals surface area (Å²) in [5.41, 5.74) is 2.87. The van der Waals surface area contributed by atoms with E-state index in [2.05, 4.69) is 19.3 Å². The summed E-state index contributed by atoms with van der Waals surface area (Å²) in [4.78, 5) is 1.19. The van der Waals surface area contributed by atoms with Gasteiger partial charge in [0.1, 0.15) is 5.75 Å². The van der Waals surface area contributed by atoms with Crippen LogP contribution >= 0.6 is 11.3 Å². The van der Waals surface area contributed by atoms with Crippen molar-refractivity contribution in [3.63, 3.8) is 0 Å². The molecule has 3 N–H and O–H groups in total. The van der Waals surface area contributed by atoms with Crippen LogP contribution in [0.3, 0.4) is 0 Å². The van der Waals surface area contributed by atoms with Gasteiger partial charge in [0.05, 0.1) is 18.0 Å². The normalized spacial score (nSPS) is 14.9. The van der Waals surface area contributed by atoms with Crippen LogP contribution in [-0.4, -0.2) is 7.11 Å². The third kappa shape index (κ3) is 3.19. The minimum Gasteiger partial charge on any atom is -0.496 e. The Bertz CT molecular complexity index is 288. The topological polar surface area (TPSA) is 47.3 Å². The second kappa shape index (κ2) is 6.10. The zero-order valence-corrected chi connectivity index (χ0v) is 10.4. The van der Waals surface area contributed by atoms with Gasteiger partial charge in [0.2, 0.25) is 0 Å². The lowest BCUT2D eigenvalue weighted by atomic mass is 9.98. The molecule has 0 aliphatic carbocycles. The fourth-order valence-corrected chi connectivity index (χ4v) is 2.49. The number of hydrazine groups is 1. The third-order valence-corrected chi connectivity index (χ3v) is 3.74. The Morgan fingerprint density at radius 2 is 2.33 bits per heavy atom. The largest absolute Gasteiger partial charge is 0.496 e. The standard InChI is InChI=1S/C11H20N2OS/c1-4-8(2)7-9(13-12)11-10(14-3)5-6-15-11/h5-6,8-9,13H,4,7,12H2,1-3H3. The van der Waals surface area contributed by atoms with Crippen molar-refractivity contribution in [1.82, 2.24) is 5.43 Å². The molecule has 0 spiro atoms. The van der Waals surface area contributed by atoms with Crippen LogP contribution in [0.2, 0.25) is 0 Å². The van der Waals surface area contributed by atoms with E-state index in [0.717, 1.165) is 12.2 Å². The Morgan fingerprint density at radius 3 is 2.87 bits per heavy atom. The van der Waals surface area contributed by atoms with Gasteiger partial charge in [0, 0.05) is 0 Å². The molecule has 1 aromatic rings. The zero-order valence-electron chi connectivity index (χ0n) is 9.62. The molecule has 0 saturated carbocycles. The van der Waals surface area contributed by atoms with E-state index in [1.807, 2.05) is 11.4 Å². The fourth-order valence-electron chi connectivity index (χ4n) is 1.55. The van der Waals surface area contributed by atoms with Crippen LogP contribution in [0.15, 0.2) is 11.4 Å². The van der Waals surface area contributed by atoms with Crippen molar-refractivity contribution in [3.8, 4) is 5.75 Å². The van der Waals surface area contributed by atoms with Gasteiger partial charge in [-0.05, 0) is 23.8 Å². The van der Waals surface area contributed by atoms with Gasteiger partial charge in [-0.25, -0.2) is 0 Å². The minimum absolute atomic E-state index is 0.204. The van der Waals surface area contributed by atoms with Crippen molar-refractivity contribution in [2.24, 2.45) is 11.8 Å². The number of thiophene rings is 1. The van der Waals surface area contributed by atoms with Gasteiger partial charge in [-0.2, -0.15) is 0 Å². The van der Waals surface area contributed by atoms with Crippen LogP contribution in [0.1, 0.15) is 37.6 Å². The van der Waals surface area contributed by atoms with Crippen LogP contribution in [0.4, 0.5) is 0 Å². The van der Waals surface area contributed by atoms with Crippen molar-refractivity contribution < 1.29 is 4.74 Å². The number of methoxy groups -OCH3 is 1. The molecule has 0 aliphatic heterocycles. The van der Waals surface area contributed by atoms with Gasteiger partial charge in [-0.1, -0.05) is 20.3 Å². The Morgan fingerprint density at radius 1 is 1.60 bits per heavy atom. The smallest absolute Gasteiger partial charge is 0.134 e. The first-order valence-corrected chi connectivity index (χ1v) is 6.18. The van der Waals surface area contributed by atoms with Gasteiger partial charge in [0.15, 0.2) is 0 Å². The van der Waals surface area contributed by atoms with E-state index < -0.39 is 0 Å². The third-order valence-electron chi connectivity index (χ3n) is 2.73.